The largest absolute Gasteiger partial charge is 0.452 e. The third kappa shape index (κ3) is 4.07. The average Bonchev–Trinajstić information content (AvgIpc) is 3.32. The monoisotopic (exact) mass is 454 g/mol. The smallest absolute Gasteiger partial charge is 0.313 e. The molecule has 3 heterocycles. The van der Waals surface area contributed by atoms with Crippen molar-refractivity contribution in [1.29, 1.82) is 0 Å². The molecule has 2 bridgehead atoms. The van der Waals surface area contributed by atoms with E-state index in [1.54, 1.807) is 4.90 Å². The molecule has 7 nitrogen and oxygen atoms in total. The number of nitrogens with zero attached hydrogens (tertiary/aromatic N) is 1. The van der Waals surface area contributed by atoms with E-state index < -0.39 is 41.2 Å². The molecule has 2 amide bonds. The van der Waals surface area contributed by atoms with Crippen molar-refractivity contribution in [3.05, 3.63) is 41.5 Å². The molecular formula is C26H34N2O5. The summed E-state index contributed by atoms with van der Waals surface area (Å²) < 4.78 is 12.0. The van der Waals surface area contributed by atoms with Crippen LogP contribution in [0.15, 0.2) is 30.4 Å². The Bertz CT molecular complexity index is 1020. The van der Waals surface area contributed by atoms with E-state index in [9.17, 15) is 14.4 Å². The lowest BCUT2D eigenvalue weighted by molar-refractivity contribution is -0.165. The molecule has 3 aliphatic rings. The predicted octanol–water partition coefficient (Wildman–Crippen LogP) is 3.07. The lowest BCUT2D eigenvalue weighted by atomic mass is 9.77. The maximum atomic E-state index is 13.6. The van der Waals surface area contributed by atoms with Gasteiger partial charge in [0.2, 0.25) is 5.91 Å². The molecule has 1 aromatic rings. The van der Waals surface area contributed by atoms with Gasteiger partial charge < -0.3 is 19.7 Å². The third-order valence-corrected chi connectivity index (χ3v) is 6.62. The second-order valence-electron chi connectivity index (χ2n) is 11.0. The number of anilines is 1. The van der Waals surface area contributed by atoms with Crippen LogP contribution in [0.5, 0.6) is 0 Å². The van der Waals surface area contributed by atoms with Crippen LogP contribution in [0, 0.1) is 31.6 Å². The molecule has 33 heavy (non-hydrogen) atoms. The first kappa shape index (κ1) is 23.5. The molecule has 0 unspecified atom stereocenters. The highest BCUT2D eigenvalue weighted by Crippen LogP contribution is 2.53. The van der Waals surface area contributed by atoms with Gasteiger partial charge >= 0.3 is 5.97 Å². The van der Waals surface area contributed by atoms with Gasteiger partial charge in [-0.25, -0.2) is 0 Å². The van der Waals surface area contributed by atoms with Crippen molar-refractivity contribution in [3.63, 3.8) is 0 Å². The normalized spacial score (nSPS) is 28.9. The highest BCUT2D eigenvalue weighted by molar-refractivity contribution is 6.03. The Labute approximate surface area is 195 Å². The number of nitrogens with one attached hydrogen (secondary N) is 1. The summed E-state index contributed by atoms with van der Waals surface area (Å²) >= 11 is 0. The van der Waals surface area contributed by atoms with Gasteiger partial charge in [-0.05, 0) is 52.2 Å². The minimum absolute atomic E-state index is 0.143. The second-order valence-corrected chi connectivity index (χ2v) is 11.0. The van der Waals surface area contributed by atoms with Crippen LogP contribution in [0.1, 0.15) is 45.7 Å². The first-order valence-corrected chi connectivity index (χ1v) is 11.6. The number of carbonyl (C=O) groups excluding carboxylic acids is 3. The lowest BCUT2D eigenvalue weighted by Crippen LogP contribution is -2.50. The standard InChI is InChI=1S/C26H34N2O5/c1-14(2)21(22(29)27-25(5,6)7)32-24(31)19-18-10-11-26(33-18)13-28(23(30)20(19)26)17-9-8-15(3)12-16(17)4/h8-12,14,18-21H,13H2,1-7H3,(H,27,29)/t18-,19+,20+,21-,26-/m1/s1. The Balaban J connectivity index is 1.58. The summed E-state index contributed by atoms with van der Waals surface area (Å²) in [4.78, 5) is 41.5. The number of benzene rings is 1. The summed E-state index contributed by atoms with van der Waals surface area (Å²) in [5.41, 5.74) is 1.65. The molecule has 1 spiro atoms. The van der Waals surface area contributed by atoms with E-state index in [0.717, 1.165) is 16.8 Å². The Hall–Kier alpha value is -2.67. The topological polar surface area (TPSA) is 84.9 Å². The summed E-state index contributed by atoms with van der Waals surface area (Å²) in [6.07, 6.45) is 2.30. The number of amides is 2. The van der Waals surface area contributed by atoms with Gasteiger partial charge in [0.05, 0.1) is 18.6 Å². The van der Waals surface area contributed by atoms with Crippen molar-refractivity contribution in [3.8, 4) is 0 Å². The molecule has 2 fully saturated rings. The zero-order valence-corrected chi connectivity index (χ0v) is 20.5. The van der Waals surface area contributed by atoms with Crippen molar-refractivity contribution >= 4 is 23.5 Å². The van der Waals surface area contributed by atoms with Crippen molar-refractivity contribution in [2.75, 3.05) is 11.4 Å². The van der Waals surface area contributed by atoms with Crippen LogP contribution in [-0.4, -0.2) is 47.7 Å². The van der Waals surface area contributed by atoms with Crippen molar-refractivity contribution in [2.45, 2.75) is 71.8 Å². The van der Waals surface area contributed by atoms with Crippen LogP contribution in [-0.2, 0) is 23.9 Å². The molecule has 5 atom stereocenters. The van der Waals surface area contributed by atoms with Crippen molar-refractivity contribution < 1.29 is 23.9 Å². The minimum Gasteiger partial charge on any atom is -0.452 e. The van der Waals surface area contributed by atoms with E-state index in [-0.39, 0.29) is 17.7 Å². The molecule has 2 saturated heterocycles. The fourth-order valence-electron chi connectivity index (χ4n) is 5.22. The molecule has 0 aliphatic carbocycles. The number of esters is 1. The molecular weight excluding hydrogens is 420 g/mol. The quantitative estimate of drug-likeness (QED) is 0.546. The van der Waals surface area contributed by atoms with E-state index in [4.69, 9.17) is 9.47 Å². The van der Waals surface area contributed by atoms with E-state index in [0.29, 0.717) is 6.54 Å². The Morgan fingerprint density at radius 3 is 2.55 bits per heavy atom. The number of hydrogen-bond acceptors (Lipinski definition) is 5. The van der Waals surface area contributed by atoms with Crippen molar-refractivity contribution in [2.24, 2.45) is 17.8 Å². The molecule has 0 aromatic heterocycles. The fraction of sp³-hybridized carbons (Fsp3) is 0.577. The first-order chi connectivity index (χ1) is 15.3. The molecule has 0 radical (unpaired) electrons. The number of carbonyl (C=O) groups is 3. The second kappa shape index (κ2) is 7.97. The Morgan fingerprint density at radius 1 is 1.24 bits per heavy atom. The van der Waals surface area contributed by atoms with Gasteiger partial charge in [-0.1, -0.05) is 43.7 Å². The zero-order chi connectivity index (χ0) is 24.3. The Kier molecular flexibility index (Phi) is 5.68. The Morgan fingerprint density at radius 2 is 1.94 bits per heavy atom. The summed E-state index contributed by atoms with van der Waals surface area (Å²) in [7, 11) is 0. The highest BCUT2D eigenvalue weighted by atomic mass is 16.6. The van der Waals surface area contributed by atoms with Crippen molar-refractivity contribution in [1.82, 2.24) is 5.32 Å². The number of hydrogen-bond donors (Lipinski definition) is 1. The molecule has 178 valence electrons. The van der Waals surface area contributed by atoms with Crippen LogP contribution < -0.4 is 10.2 Å². The minimum atomic E-state index is -0.942. The number of ether oxygens (including phenoxy) is 2. The van der Waals surface area contributed by atoms with E-state index >= 15 is 0 Å². The third-order valence-electron chi connectivity index (χ3n) is 6.62. The van der Waals surface area contributed by atoms with Gasteiger partial charge in [0.1, 0.15) is 11.5 Å². The highest BCUT2D eigenvalue weighted by Gasteiger charge is 2.67. The molecule has 1 N–H and O–H groups in total. The average molecular weight is 455 g/mol. The van der Waals surface area contributed by atoms with Gasteiger partial charge in [0.15, 0.2) is 6.10 Å². The van der Waals surface area contributed by atoms with Crippen LogP contribution in [0.3, 0.4) is 0 Å². The number of fused-ring (bicyclic) bond motifs is 1. The van der Waals surface area contributed by atoms with Gasteiger partial charge in [-0.15, -0.1) is 0 Å². The van der Waals surface area contributed by atoms with Crippen LogP contribution in [0.2, 0.25) is 0 Å². The van der Waals surface area contributed by atoms with E-state index in [1.165, 1.54) is 0 Å². The maximum absolute atomic E-state index is 13.6. The lowest BCUT2D eigenvalue weighted by Gasteiger charge is -2.29. The van der Waals surface area contributed by atoms with Gasteiger partial charge in [0.25, 0.3) is 5.91 Å². The maximum Gasteiger partial charge on any atom is 0.313 e. The van der Waals surface area contributed by atoms with Crippen LogP contribution in [0.25, 0.3) is 0 Å². The molecule has 3 aliphatic heterocycles. The molecule has 7 heteroatoms. The summed E-state index contributed by atoms with van der Waals surface area (Å²) in [6.45, 7) is 13.6. The van der Waals surface area contributed by atoms with Crippen LogP contribution in [0.4, 0.5) is 5.69 Å². The fourth-order valence-corrected chi connectivity index (χ4v) is 5.22. The zero-order valence-electron chi connectivity index (χ0n) is 20.5. The molecule has 0 saturated carbocycles. The van der Waals surface area contributed by atoms with E-state index in [1.807, 2.05) is 78.8 Å². The van der Waals surface area contributed by atoms with Gasteiger partial charge in [-0.3, -0.25) is 14.4 Å². The molecule has 1 aromatic carbocycles. The first-order valence-electron chi connectivity index (χ1n) is 11.6. The van der Waals surface area contributed by atoms with Gasteiger partial charge in [-0.2, -0.15) is 0 Å². The SMILES string of the molecule is Cc1ccc(N2C[C@@]34C=C[C@@H](O3)[C@H](C(=O)O[C@@H](C(=O)NC(C)(C)C)C(C)C)[C@H]4C2=O)c(C)c1. The molecule has 4 rings (SSSR count). The summed E-state index contributed by atoms with van der Waals surface area (Å²) in [5.74, 6) is -2.70. The summed E-state index contributed by atoms with van der Waals surface area (Å²) in [6, 6.07) is 5.95. The van der Waals surface area contributed by atoms with Gasteiger partial charge in [0, 0.05) is 11.2 Å². The van der Waals surface area contributed by atoms with E-state index in [2.05, 4.69) is 5.32 Å². The number of rotatable bonds is 5. The van der Waals surface area contributed by atoms with Crippen LogP contribution >= 0.6 is 0 Å². The number of aryl methyl sites for hydroxylation is 2. The predicted molar refractivity (Wildman–Crippen MR) is 125 cm³/mol. The summed E-state index contributed by atoms with van der Waals surface area (Å²) in [5, 5.41) is 2.89.